The molecule has 0 aliphatic carbocycles. The van der Waals surface area contributed by atoms with Crippen LogP contribution >= 0.6 is 0 Å². The fraction of sp³-hybridized carbons (Fsp3) is 0.478. The monoisotopic (exact) mass is 384 g/mol. The lowest BCUT2D eigenvalue weighted by molar-refractivity contribution is -0.119. The number of ketones is 1. The number of nitrogens with one attached hydrogen (secondary N) is 1. The van der Waals surface area contributed by atoms with Gasteiger partial charge in [0.1, 0.15) is 11.6 Å². The van der Waals surface area contributed by atoms with Crippen molar-refractivity contribution >= 4 is 11.6 Å². The van der Waals surface area contributed by atoms with Gasteiger partial charge in [0.15, 0.2) is 11.5 Å². The number of hydrogen-bond donors (Lipinski definition) is 2. The van der Waals surface area contributed by atoms with Gasteiger partial charge in [-0.3, -0.25) is 4.79 Å². The van der Waals surface area contributed by atoms with Crippen LogP contribution in [0.3, 0.4) is 0 Å². The highest BCUT2D eigenvalue weighted by Gasteiger charge is 2.15. The zero-order valence-electron chi connectivity index (χ0n) is 17.2. The summed E-state index contributed by atoms with van der Waals surface area (Å²) < 4.78 is 5.14. The Hall–Kier alpha value is -2.56. The topological polar surface area (TPSA) is 71.5 Å². The van der Waals surface area contributed by atoms with E-state index in [0.717, 1.165) is 36.2 Å². The first-order chi connectivity index (χ1) is 13.5. The van der Waals surface area contributed by atoms with Crippen LogP contribution in [0.4, 0.5) is 5.82 Å². The van der Waals surface area contributed by atoms with Crippen LogP contribution in [0.15, 0.2) is 36.5 Å². The van der Waals surface area contributed by atoms with Crippen molar-refractivity contribution in [1.29, 1.82) is 0 Å². The molecule has 1 aromatic carbocycles. The fourth-order valence-electron chi connectivity index (χ4n) is 3.23. The summed E-state index contributed by atoms with van der Waals surface area (Å²) in [5.74, 6) is 1.65. The van der Waals surface area contributed by atoms with E-state index in [4.69, 9.17) is 4.74 Å². The number of aromatic hydroxyl groups is 1. The number of carbonyl (C=O) groups excluding carboxylic acids is 1. The van der Waals surface area contributed by atoms with Gasteiger partial charge >= 0.3 is 0 Å². The number of unbranched alkanes of at least 4 members (excludes halogenated alkanes) is 2. The van der Waals surface area contributed by atoms with Gasteiger partial charge in [0.2, 0.25) is 0 Å². The van der Waals surface area contributed by atoms with Crippen LogP contribution in [0.5, 0.6) is 11.5 Å². The number of phenolic OH excluding ortho intramolecular Hbond substituents is 1. The van der Waals surface area contributed by atoms with Crippen molar-refractivity contribution < 1.29 is 14.6 Å². The Labute approximate surface area is 168 Å². The van der Waals surface area contributed by atoms with Crippen molar-refractivity contribution in [2.75, 3.05) is 12.4 Å². The molecule has 0 amide bonds. The number of aryl methyl sites for hydroxylation is 2. The third kappa shape index (κ3) is 6.87. The quantitative estimate of drug-likeness (QED) is 0.501. The second-order valence-corrected chi connectivity index (χ2v) is 7.25. The standard InChI is InChI=1S/C23H32N2O3/c1-4-5-6-9-19(25-23-17(2)8-7-14-24-23)16-20(26)12-10-18-11-13-21(27)22(15-18)28-3/h7-8,11,13-15,19,27H,4-6,9-10,12,16H2,1-3H3,(H,24,25). The minimum absolute atomic E-state index is 0.0991. The summed E-state index contributed by atoms with van der Waals surface area (Å²) in [7, 11) is 1.52. The Morgan fingerprint density at radius 3 is 2.82 bits per heavy atom. The molecule has 0 aliphatic rings. The van der Waals surface area contributed by atoms with E-state index < -0.39 is 0 Å². The number of benzene rings is 1. The summed E-state index contributed by atoms with van der Waals surface area (Å²) in [6, 6.07) is 9.28. The normalized spacial score (nSPS) is 11.8. The van der Waals surface area contributed by atoms with E-state index in [9.17, 15) is 9.90 Å². The molecule has 0 aliphatic heterocycles. The van der Waals surface area contributed by atoms with E-state index in [1.807, 2.05) is 25.1 Å². The lowest BCUT2D eigenvalue weighted by atomic mass is 9.99. The molecular formula is C23H32N2O3. The fourth-order valence-corrected chi connectivity index (χ4v) is 3.23. The van der Waals surface area contributed by atoms with Crippen LogP contribution in [-0.2, 0) is 11.2 Å². The number of nitrogens with zero attached hydrogens (tertiary/aromatic N) is 1. The maximum Gasteiger partial charge on any atom is 0.160 e. The van der Waals surface area contributed by atoms with Gasteiger partial charge in [-0.05, 0) is 49.1 Å². The Morgan fingerprint density at radius 2 is 2.11 bits per heavy atom. The number of pyridine rings is 1. The Kier molecular flexibility index (Phi) is 8.79. The van der Waals surface area contributed by atoms with E-state index in [2.05, 4.69) is 17.2 Å². The first-order valence-corrected chi connectivity index (χ1v) is 10.1. The summed E-state index contributed by atoms with van der Waals surface area (Å²) in [6.07, 6.45) is 7.77. The van der Waals surface area contributed by atoms with Crippen molar-refractivity contribution in [3.8, 4) is 11.5 Å². The molecule has 2 N–H and O–H groups in total. The summed E-state index contributed by atoms with van der Waals surface area (Å²) in [5, 5.41) is 13.2. The number of hydrogen-bond acceptors (Lipinski definition) is 5. The van der Waals surface area contributed by atoms with E-state index in [0.29, 0.717) is 25.0 Å². The van der Waals surface area contributed by atoms with E-state index in [-0.39, 0.29) is 17.6 Å². The number of ether oxygens (including phenoxy) is 1. The van der Waals surface area contributed by atoms with E-state index in [1.165, 1.54) is 13.5 Å². The van der Waals surface area contributed by atoms with Crippen molar-refractivity contribution in [1.82, 2.24) is 4.98 Å². The minimum Gasteiger partial charge on any atom is -0.504 e. The number of anilines is 1. The second kappa shape index (κ2) is 11.3. The predicted molar refractivity (Wildman–Crippen MR) is 113 cm³/mol. The molecule has 2 rings (SSSR count). The minimum atomic E-state index is 0.0991. The second-order valence-electron chi connectivity index (χ2n) is 7.25. The van der Waals surface area contributed by atoms with Crippen molar-refractivity contribution in [3.63, 3.8) is 0 Å². The van der Waals surface area contributed by atoms with Crippen LogP contribution in [0.1, 0.15) is 56.6 Å². The maximum atomic E-state index is 12.6. The van der Waals surface area contributed by atoms with Gasteiger partial charge in [-0.1, -0.05) is 38.3 Å². The van der Waals surface area contributed by atoms with Gasteiger partial charge in [0, 0.05) is 25.1 Å². The van der Waals surface area contributed by atoms with Crippen LogP contribution in [0.2, 0.25) is 0 Å². The molecule has 0 fully saturated rings. The summed E-state index contributed by atoms with van der Waals surface area (Å²) in [5.41, 5.74) is 2.07. The number of phenols is 1. The largest absolute Gasteiger partial charge is 0.504 e. The molecule has 0 bridgehead atoms. The Balaban J connectivity index is 1.94. The van der Waals surface area contributed by atoms with Crippen molar-refractivity contribution in [3.05, 3.63) is 47.7 Å². The molecule has 2 aromatic rings. The predicted octanol–water partition coefficient (Wildman–Crippen LogP) is 5.06. The van der Waals surface area contributed by atoms with Crippen molar-refractivity contribution in [2.45, 2.75) is 64.8 Å². The SMILES string of the molecule is CCCCCC(CC(=O)CCc1ccc(O)c(OC)c1)Nc1ncccc1C. The molecule has 0 saturated carbocycles. The summed E-state index contributed by atoms with van der Waals surface area (Å²) >= 11 is 0. The average molecular weight is 385 g/mol. The highest BCUT2D eigenvalue weighted by molar-refractivity contribution is 5.79. The number of carbonyl (C=O) groups is 1. The maximum absolute atomic E-state index is 12.6. The number of methoxy groups -OCH3 is 1. The molecule has 0 saturated heterocycles. The Morgan fingerprint density at radius 1 is 1.29 bits per heavy atom. The van der Waals surface area contributed by atoms with Crippen molar-refractivity contribution in [2.24, 2.45) is 0 Å². The first-order valence-electron chi connectivity index (χ1n) is 10.1. The highest BCUT2D eigenvalue weighted by atomic mass is 16.5. The Bertz CT molecular complexity index is 761. The third-order valence-corrected chi connectivity index (χ3v) is 4.92. The molecule has 0 spiro atoms. The summed E-state index contributed by atoms with van der Waals surface area (Å²) in [6.45, 7) is 4.21. The molecule has 1 unspecified atom stereocenters. The van der Waals surface area contributed by atoms with E-state index in [1.54, 1.807) is 18.3 Å². The zero-order valence-corrected chi connectivity index (χ0v) is 17.2. The number of rotatable bonds is 12. The van der Waals surface area contributed by atoms with Crippen LogP contribution in [-0.4, -0.2) is 29.0 Å². The first kappa shape index (κ1) is 21.7. The van der Waals surface area contributed by atoms with Gasteiger partial charge in [-0.25, -0.2) is 4.98 Å². The lowest BCUT2D eigenvalue weighted by Gasteiger charge is -2.20. The lowest BCUT2D eigenvalue weighted by Crippen LogP contribution is -2.24. The molecular weight excluding hydrogens is 352 g/mol. The van der Waals surface area contributed by atoms with Gasteiger partial charge in [-0.15, -0.1) is 0 Å². The third-order valence-electron chi connectivity index (χ3n) is 4.92. The van der Waals surface area contributed by atoms with E-state index >= 15 is 0 Å². The molecule has 5 nitrogen and oxygen atoms in total. The smallest absolute Gasteiger partial charge is 0.160 e. The van der Waals surface area contributed by atoms with Crippen LogP contribution in [0.25, 0.3) is 0 Å². The zero-order chi connectivity index (χ0) is 20.4. The van der Waals surface area contributed by atoms with Gasteiger partial charge in [0.05, 0.1) is 7.11 Å². The molecule has 152 valence electrons. The van der Waals surface area contributed by atoms with Gasteiger partial charge in [-0.2, -0.15) is 0 Å². The van der Waals surface area contributed by atoms with Crippen LogP contribution < -0.4 is 10.1 Å². The number of aromatic nitrogens is 1. The summed E-state index contributed by atoms with van der Waals surface area (Å²) in [4.78, 5) is 17.0. The molecule has 1 heterocycles. The van der Waals surface area contributed by atoms with Crippen LogP contribution in [0, 0.1) is 6.92 Å². The molecule has 0 radical (unpaired) electrons. The molecule has 1 atom stereocenters. The highest BCUT2D eigenvalue weighted by Crippen LogP contribution is 2.27. The molecule has 5 heteroatoms. The average Bonchev–Trinajstić information content (AvgIpc) is 2.69. The molecule has 1 aromatic heterocycles. The molecule has 28 heavy (non-hydrogen) atoms. The number of Topliss-reactive ketones (excluding diaryl/α,β-unsaturated/α-hetero) is 1. The van der Waals surface area contributed by atoms with Gasteiger partial charge < -0.3 is 15.2 Å². The van der Waals surface area contributed by atoms with Gasteiger partial charge in [0.25, 0.3) is 0 Å².